The number of rotatable bonds is 4. The summed E-state index contributed by atoms with van der Waals surface area (Å²) in [7, 11) is 1.60. The van der Waals surface area contributed by atoms with Crippen LogP contribution in [0.1, 0.15) is 15.2 Å². The third kappa shape index (κ3) is 3.17. The molecule has 0 bridgehead atoms. The van der Waals surface area contributed by atoms with Gasteiger partial charge < -0.3 is 10.1 Å². The summed E-state index contributed by atoms with van der Waals surface area (Å²) in [4.78, 5) is 13.2. The van der Waals surface area contributed by atoms with Crippen molar-refractivity contribution >= 4 is 33.1 Å². The summed E-state index contributed by atoms with van der Waals surface area (Å²) in [6, 6.07) is 13.8. The number of hydrogen-bond acceptors (Lipinski definition) is 4. The zero-order valence-electron chi connectivity index (χ0n) is 14.7. The Kier molecular flexibility index (Phi) is 4.37. The summed E-state index contributed by atoms with van der Waals surface area (Å²) >= 11 is 1.33. The van der Waals surface area contributed by atoms with Gasteiger partial charge in [0, 0.05) is 16.3 Å². The molecule has 0 saturated carbocycles. The average Bonchev–Trinajstić information content (AvgIpc) is 3.26. The second-order valence-corrected chi connectivity index (χ2v) is 7.07. The van der Waals surface area contributed by atoms with E-state index in [-0.39, 0.29) is 11.7 Å². The number of fused-ring (bicyclic) bond motifs is 1. The van der Waals surface area contributed by atoms with E-state index in [4.69, 9.17) is 4.74 Å². The van der Waals surface area contributed by atoms with E-state index >= 15 is 0 Å². The molecular formula is C20H16FN3O2S. The van der Waals surface area contributed by atoms with Crippen molar-refractivity contribution in [2.75, 3.05) is 12.4 Å². The molecule has 2 N–H and O–H groups in total. The van der Waals surface area contributed by atoms with Gasteiger partial charge in [0.1, 0.15) is 11.6 Å². The Morgan fingerprint density at radius 1 is 1.22 bits per heavy atom. The predicted octanol–water partition coefficient (Wildman–Crippen LogP) is 5.00. The molecule has 4 rings (SSSR count). The molecule has 0 atom stereocenters. The van der Waals surface area contributed by atoms with Gasteiger partial charge in [-0.15, -0.1) is 11.3 Å². The molecule has 0 saturated heterocycles. The molecular weight excluding hydrogens is 365 g/mol. The fraction of sp³-hybridized carbons (Fsp3) is 0.100. The van der Waals surface area contributed by atoms with Gasteiger partial charge in [0.25, 0.3) is 5.91 Å². The zero-order valence-corrected chi connectivity index (χ0v) is 15.5. The Morgan fingerprint density at radius 3 is 2.85 bits per heavy atom. The van der Waals surface area contributed by atoms with Gasteiger partial charge >= 0.3 is 0 Å². The van der Waals surface area contributed by atoms with Gasteiger partial charge in [-0.2, -0.15) is 5.10 Å². The summed E-state index contributed by atoms with van der Waals surface area (Å²) in [5.74, 6) is 0.529. The van der Waals surface area contributed by atoms with Crippen LogP contribution in [0.3, 0.4) is 0 Å². The lowest BCUT2D eigenvalue weighted by Gasteiger charge is -2.05. The van der Waals surface area contributed by atoms with Crippen molar-refractivity contribution in [3.63, 3.8) is 0 Å². The number of nitrogens with one attached hydrogen (secondary N) is 2. The average molecular weight is 381 g/mol. The van der Waals surface area contributed by atoms with Crippen molar-refractivity contribution in [2.24, 2.45) is 0 Å². The molecule has 2 aromatic carbocycles. The number of H-pyrrole nitrogens is 1. The first kappa shape index (κ1) is 17.2. The molecule has 0 aliphatic heterocycles. The van der Waals surface area contributed by atoms with E-state index in [1.54, 1.807) is 19.2 Å². The van der Waals surface area contributed by atoms with Crippen LogP contribution < -0.4 is 10.1 Å². The number of benzene rings is 2. The van der Waals surface area contributed by atoms with Gasteiger partial charge in [0.05, 0.1) is 17.7 Å². The largest absolute Gasteiger partial charge is 0.496 e. The fourth-order valence-electron chi connectivity index (χ4n) is 2.97. The predicted molar refractivity (Wildman–Crippen MR) is 105 cm³/mol. The number of carbonyl (C=O) groups is 1. The Hall–Kier alpha value is -3.19. The molecule has 2 heterocycles. The Morgan fingerprint density at radius 2 is 2.04 bits per heavy atom. The second-order valence-electron chi connectivity index (χ2n) is 6.02. The minimum Gasteiger partial charge on any atom is -0.496 e. The lowest BCUT2D eigenvalue weighted by Crippen LogP contribution is -2.11. The summed E-state index contributed by atoms with van der Waals surface area (Å²) in [5, 5.41) is 10.6. The van der Waals surface area contributed by atoms with E-state index in [0.717, 1.165) is 26.9 Å². The van der Waals surface area contributed by atoms with Gasteiger partial charge in [-0.3, -0.25) is 9.89 Å². The zero-order chi connectivity index (χ0) is 19.0. The smallest absolute Gasteiger partial charge is 0.267 e. The normalized spacial score (nSPS) is 10.9. The Bertz CT molecular complexity index is 1150. The van der Waals surface area contributed by atoms with Crippen LogP contribution >= 0.6 is 11.3 Å². The molecule has 0 spiro atoms. The van der Waals surface area contributed by atoms with Gasteiger partial charge in [-0.1, -0.05) is 12.1 Å². The highest BCUT2D eigenvalue weighted by Crippen LogP contribution is 2.32. The molecule has 27 heavy (non-hydrogen) atoms. The number of hydrogen-bond donors (Lipinski definition) is 2. The lowest BCUT2D eigenvalue weighted by molar-refractivity contribution is 0.102. The molecule has 2 aromatic heterocycles. The monoisotopic (exact) mass is 381 g/mol. The number of nitrogens with zero attached hydrogens (tertiary/aromatic N) is 1. The maximum absolute atomic E-state index is 13.5. The second kappa shape index (κ2) is 6.85. The fourth-order valence-corrected chi connectivity index (χ4v) is 4.06. The van der Waals surface area contributed by atoms with Crippen LogP contribution in [0.25, 0.3) is 21.3 Å². The number of para-hydroxylation sites is 1. The quantitative estimate of drug-likeness (QED) is 0.523. The Labute approximate surface area is 158 Å². The first-order chi connectivity index (χ1) is 13.1. The maximum atomic E-state index is 13.5. The van der Waals surface area contributed by atoms with Crippen molar-refractivity contribution in [3.05, 3.63) is 64.8 Å². The highest BCUT2D eigenvalue weighted by Gasteiger charge is 2.17. The van der Waals surface area contributed by atoms with E-state index in [1.807, 2.05) is 31.2 Å². The van der Waals surface area contributed by atoms with Gasteiger partial charge in [0.15, 0.2) is 5.82 Å². The highest BCUT2D eigenvalue weighted by molar-refractivity contribution is 7.21. The number of aryl methyl sites for hydroxylation is 1. The van der Waals surface area contributed by atoms with Crippen LogP contribution in [0.5, 0.6) is 5.75 Å². The van der Waals surface area contributed by atoms with Crippen molar-refractivity contribution in [3.8, 4) is 17.0 Å². The third-order valence-electron chi connectivity index (χ3n) is 4.32. The first-order valence-electron chi connectivity index (χ1n) is 8.25. The maximum Gasteiger partial charge on any atom is 0.267 e. The number of aromatic amines is 1. The number of halogens is 1. The summed E-state index contributed by atoms with van der Waals surface area (Å²) in [6.07, 6.45) is 0. The van der Waals surface area contributed by atoms with Gasteiger partial charge in [0.2, 0.25) is 0 Å². The van der Waals surface area contributed by atoms with E-state index < -0.39 is 0 Å². The van der Waals surface area contributed by atoms with Crippen molar-refractivity contribution < 1.29 is 13.9 Å². The molecule has 0 fully saturated rings. The summed E-state index contributed by atoms with van der Waals surface area (Å²) in [5.41, 5.74) is 2.34. The molecule has 136 valence electrons. The van der Waals surface area contributed by atoms with Gasteiger partial charge in [-0.25, -0.2) is 4.39 Å². The van der Waals surface area contributed by atoms with Crippen LogP contribution in [0.15, 0.2) is 48.5 Å². The van der Waals surface area contributed by atoms with Crippen LogP contribution in [0.4, 0.5) is 10.2 Å². The number of carbonyl (C=O) groups excluding carboxylic acids is 1. The molecule has 4 aromatic rings. The standard InChI is InChI=1S/C20H16FN3O2S/c1-11-14-9-12(21)7-8-17(14)27-19(11)20(25)22-18-10-15(23-24-18)13-5-3-4-6-16(13)26-2/h3-10H,1-2H3,(H2,22,23,24,25). The SMILES string of the molecule is COc1ccccc1-c1cc(NC(=O)c2sc3ccc(F)cc3c2C)n[nH]1. The topological polar surface area (TPSA) is 67.0 Å². The molecule has 0 aliphatic carbocycles. The Balaban J connectivity index is 1.61. The van der Waals surface area contributed by atoms with E-state index in [0.29, 0.717) is 16.4 Å². The van der Waals surface area contributed by atoms with E-state index in [2.05, 4.69) is 15.5 Å². The van der Waals surface area contributed by atoms with Crippen LogP contribution in [0, 0.1) is 12.7 Å². The minimum atomic E-state index is -0.316. The number of ether oxygens (including phenoxy) is 1. The number of aromatic nitrogens is 2. The number of anilines is 1. The minimum absolute atomic E-state index is 0.271. The van der Waals surface area contributed by atoms with E-state index in [1.165, 1.54) is 23.5 Å². The molecule has 7 heteroatoms. The molecule has 5 nitrogen and oxygen atoms in total. The highest BCUT2D eigenvalue weighted by atomic mass is 32.1. The molecule has 0 aliphatic rings. The van der Waals surface area contributed by atoms with E-state index in [9.17, 15) is 9.18 Å². The molecule has 0 unspecified atom stereocenters. The molecule has 1 amide bonds. The number of amides is 1. The van der Waals surface area contributed by atoms with Crippen molar-refractivity contribution in [1.82, 2.24) is 10.2 Å². The van der Waals surface area contributed by atoms with Crippen molar-refractivity contribution in [1.29, 1.82) is 0 Å². The van der Waals surface area contributed by atoms with Crippen LogP contribution in [-0.2, 0) is 0 Å². The first-order valence-corrected chi connectivity index (χ1v) is 9.07. The number of methoxy groups -OCH3 is 1. The van der Waals surface area contributed by atoms with Crippen molar-refractivity contribution in [2.45, 2.75) is 6.92 Å². The third-order valence-corrected chi connectivity index (χ3v) is 5.59. The number of thiophene rings is 1. The summed E-state index contributed by atoms with van der Waals surface area (Å²) in [6.45, 7) is 1.82. The molecule has 0 radical (unpaired) electrons. The van der Waals surface area contributed by atoms with Crippen LogP contribution in [-0.4, -0.2) is 23.2 Å². The van der Waals surface area contributed by atoms with Gasteiger partial charge in [-0.05, 0) is 48.2 Å². The van der Waals surface area contributed by atoms with Crippen LogP contribution in [0.2, 0.25) is 0 Å². The summed E-state index contributed by atoms with van der Waals surface area (Å²) < 4.78 is 19.7. The lowest BCUT2D eigenvalue weighted by atomic mass is 10.1.